The number of hydrogen-bond donors (Lipinski definition) is 2. The van der Waals surface area contributed by atoms with E-state index in [0.717, 1.165) is 24.0 Å². The van der Waals surface area contributed by atoms with Crippen LogP contribution in [-0.2, 0) is 6.54 Å². The normalized spacial score (nSPS) is 13.3. The smallest absolute Gasteiger partial charge is 0.408 e. The van der Waals surface area contributed by atoms with Crippen molar-refractivity contribution in [2.24, 2.45) is 5.73 Å². The van der Waals surface area contributed by atoms with E-state index >= 15 is 0 Å². The van der Waals surface area contributed by atoms with Crippen molar-refractivity contribution in [3.05, 3.63) is 34.3 Å². The molecule has 0 spiro atoms. The summed E-state index contributed by atoms with van der Waals surface area (Å²) in [5.41, 5.74) is 8.03. The van der Waals surface area contributed by atoms with E-state index in [1.807, 2.05) is 18.2 Å². The number of aromatic nitrogens is 1. The maximum atomic E-state index is 11.1. The number of oxazole rings is 1. The number of H-pyrrole nitrogens is 1. The van der Waals surface area contributed by atoms with Crippen LogP contribution in [0.15, 0.2) is 27.4 Å². The van der Waals surface area contributed by atoms with Crippen LogP contribution in [0.1, 0.15) is 18.9 Å². The summed E-state index contributed by atoms with van der Waals surface area (Å²) in [5.74, 6) is -0.410. The van der Waals surface area contributed by atoms with Crippen molar-refractivity contribution >= 4 is 11.1 Å². The monoisotopic (exact) mass is 249 g/mol. The molecule has 3 N–H and O–H groups in total. The maximum Gasteiger partial charge on any atom is 0.417 e. The van der Waals surface area contributed by atoms with Crippen LogP contribution in [-0.4, -0.2) is 29.5 Å². The predicted octanol–water partition coefficient (Wildman–Crippen LogP) is 1.29. The lowest BCUT2D eigenvalue weighted by atomic mass is 10.1. The summed E-state index contributed by atoms with van der Waals surface area (Å²) in [6, 6.07) is 6.21. The molecule has 18 heavy (non-hydrogen) atoms. The Morgan fingerprint density at radius 2 is 2.28 bits per heavy atom. The molecule has 98 valence electrons. The molecule has 1 unspecified atom stereocenters. The fourth-order valence-electron chi connectivity index (χ4n) is 1.99. The van der Waals surface area contributed by atoms with Crippen molar-refractivity contribution in [3.8, 4) is 0 Å². The van der Waals surface area contributed by atoms with Crippen molar-refractivity contribution in [3.63, 3.8) is 0 Å². The highest BCUT2D eigenvalue weighted by molar-refractivity contribution is 5.72. The van der Waals surface area contributed by atoms with Crippen molar-refractivity contribution in [1.82, 2.24) is 9.88 Å². The number of hydrogen-bond acceptors (Lipinski definition) is 4. The highest BCUT2D eigenvalue weighted by Gasteiger charge is 2.09. The molecule has 0 amide bonds. The number of aromatic amines is 1. The zero-order valence-electron chi connectivity index (χ0n) is 10.8. The molecule has 1 aromatic carbocycles. The topological polar surface area (TPSA) is 75.3 Å². The van der Waals surface area contributed by atoms with Gasteiger partial charge in [0.2, 0.25) is 0 Å². The van der Waals surface area contributed by atoms with Crippen LogP contribution in [0.5, 0.6) is 0 Å². The van der Waals surface area contributed by atoms with E-state index in [1.165, 1.54) is 0 Å². The molecule has 5 heteroatoms. The number of rotatable bonds is 5. The minimum Gasteiger partial charge on any atom is -0.408 e. The second-order valence-electron chi connectivity index (χ2n) is 4.69. The van der Waals surface area contributed by atoms with Gasteiger partial charge in [-0.3, -0.25) is 9.88 Å². The molecule has 0 fully saturated rings. The summed E-state index contributed by atoms with van der Waals surface area (Å²) in [6.45, 7) is 3.66. The van der Waals surface area contributed by atoms with Crippen molar-refractivity contribution in [2.45, 2.75) is 25.9 Å². The van der Waals surface area contributed by atoms with Gasteiger partial charge in [0.15, 0.2) is 5.58 Å². The first-order valence-corrected chi connectivity index (χ1v) is 6.12. The van der Waals surface area contributed by atoms with Gasteiger partial charge >= 0.3 is 5.76 Å². The van der Waals surface area contributed by atoms with Crippen LogP contribution < -0.4 is 11.5 Å². The minimum absolute atomic E-state index is 0.410. The molecule has 0 aliphatic carbocycles. The third-order valence-electron chi connectivity index (χ3n) is 3.25. The lowest BCUT2D eigenvalue weighted by Gasteiger charge is -2.24. The van der Waals surface area contributed by atoms with E-state index in [2.05, 4.69) is 23.9 Å². The van der Waals surface area contributed by atoms with Gasteiger partial charge in [-0.2, -0.15) is 0 Å². The second-order valence-corrected chi connectivity index (χ2v) is 4.69. The molecule has 1 aromatic heterocycles. The van der Waals surface area contributed by atoms with Crippen molar-refractivity contribution in [1.29, 1.82) is 0 Å². The third kappa shape index (κ3) is 2.80. The molecule has 0 aliphatic heterocycles. The molecule has 0 saturated carbocycles. The quantitative estimate of drug-likeness (QED) is 0.837. The van der Waals surface area contributed by atoms with Gasteiger partial charge in [-0.25, -0.2) is 4.79 Å². The van der Waals surface area contributed by atoms with Crippen molar-refractivity contribution < 1.29 is 4.42 Å². The van der Waals surface area contributed by atoms with Gasteiger partial charge in [0, 0.05) is 12.6 Å². The first kappa shape index (κ1) is 12.9. The molecule has 5 nitrogen and oxygen atoms in total. The van der Waals surface area contributed by atoms with Crippen molar-refractivity contribution in [2.75, 3.05) is 13.6 Å². The molecule has 2 aromatic rings. The largest absolute Gasteiger partial charge is 0.417 e. The maximum absolute atomic E-state index is 11.1. The van der Waals surface area contributed by atoms with Gasteiger partial charge in [0.05, 0.1) is 5.52 Å². The van der Waals surface area contributed by atoms with Gasteiger partial charge in [-0.05, 0) is 44.6 Å². The number of fused-ring (bicyclic) bond motifs is 1. The number of nitrogens with one attached hydrogen (secondary N) is 1. The molecule has 1 heterocycles. The Morgan fingerprint density at radius 1 is 1.50 bits per heavy atom. The Labute approximate surface area is 106 Å². The van der Waals surface area contributed by atoms with E-state index in [4.69, 9.17) is 10.2 Å². The van der Waals surface area contributed by atoms with E-state index in [9.17, 15) is 4.79 Å². The van der Waals surface area contributed by atoms with E-state index < -0.39 is 5.76 Å². The summed E-state index contributed by atoms with van der Waals surface area (Å²) in [4.78, 5) is 15.9. The van der Waals surface area contributed by atoms with Crippen LogP contribution in [0.2, 0.25) is 0 Å². The molecular weight excluding hydrogens is 230 g/mol. The average Bonchev–Trinajstić information content (AvgIpc) is 2.68. The Morgan fingerprint density at radius 3 is 3.00 bits per heavy atom. The first-order valence-electron chi connectivity index (χ1n) is 6.12. The third-order valence-corrected chi connectivity index (χ3v) is 3.25. The summed E-state index contributed by atoms with van der Waals surface area (Å²) >= 11 is 0. The van der Waals surface area contributed by atoms with Gasteiger partial charge < -0.3 is 10.2 Å². The highest BCUT2D eigenvalue weighted by atomic mass is 16.4. The molecular formula is C13H19N3O2. The molecule has 0 bridgehead atoms. The zero-order valence-corrected chi connectivity index (χ0v) is 10.8. The summed E-state index contributed by atoms with van der Waals surface area (Å²) < 4.78 is 5.05. The lowest BCUT2D eigenvalue weighted by molar-refractivity contribution is 0.240. The van der Waals surface area contributed by atoms with Crippen LogP contribution in [0.4, 0.5) is 0 Å². The second kappa shape index (κ2) is 5.37. The Bertz CT molecular complexity index is 573. The number of benzene rings is 1. The number of nitrogens with zero attached hydrogens (tertiary/aromatic N) is 1. The summed E-state index contributed by atoms with van der Waals surface area (Å²) in [6.07, 6.45) is 0.970. The Hall–Kier alpha value is -1.59. The van der Waals surface area contributed by atoms with Gasteiger partial charge in [0.25, 0.3) is 0 Å². The molecule has 0 aliphatic rings. The van der Waals surface area contributed by atoms with Crippen LogP contribution in [0, 0.1) is 0 Å². The van der Waals surface area contributed by atoms with E-state index in [1.54, 1.807) is 0 Å². The first-order chi connectivity index (χ1) is 8.60. The predicted molar refractivity (Wildman–Crippen MR) is 71.4 cm³/mol. The van der Waals surface area contributed by atoms with Gasteiger partial charge in [-0.15, -0.1) is 0 Å². The molecule has 0 radical (unpaired) electrons. The minimum atomic E-state index is -0.410. The fourth-order valence-corrected chi connectivity index (χ4v) is 1.99. The average molecular weight is 249 g/mol. The SMILES string of the molecule is CC(CCN)N(C)Cc1ccc2[nH]c(=O)oc2c1. The summed E-state index contributed by atoms with van der Waals surface area (Å²) in [5, 5.41) is 0. The Kier molecular flexibility index (Phi) is 3.84. The van der Waals surface area contributed by atoms with Crippen LogP contribution in [0.3, 0.4) is 0 Å². The standard InChI is InChI=1S/C13H19N3O2/c1-9(5-6-14)16(2)8-10-3-4-11-12(7-10)18-13(17)15-11/h3-4,7,9H,5-6,8,14H2,1-2H3,(H,15,17). The molecule has 0 saturated heterocycles. The summed E-state index contributed by atoms with van der Waals surface area (Å²) in [7, 11) is 2.07. The van der Waals surface area contributed by atoms with Crippen LogP contribution in [0.25, 0.3) is 11.1 Å². The lowest BCUT2D eigenvalue weighted by Crippen LogP contribution is -2.30. The number of nitrogens with two attached hydrogens (primary N) is 1. The van der Waals surface area contributed by atoms with E-state index in [0.29, 0.717) is 18.2 Å². The highest BCUT2D eigenvalue weighted by Crippen LogP contribution is 2.15. The van der Waals surface area contributed by atoms with Crippen LogP contribution >= 0.6 is 0 Å². The van der Waals surface area contributed by atoms with Gasteiger partial charge in [0.1, 0.15) is 0 Å². The van der Waals surface area contributed by atoms with Gasteiger partial charge in [-0.1, -0.05) is 6.07 Å². The zero-order chi connectivity index (χ0) is 13.1. The fraction of sp³-hybridized carbons (Fsp3) is 0.462. The van der Waals surface area contributed by atoms with E-state index in [-0.39, 0.29) is 0 Å². The molecule has 1 atom stereocenters. The molecule has 2 rings (SSSR count). The Balaban J connectivity index is 2.13.